The van der Waals surface area contributed by atoms with Gasteiger partial charge in [0, 0.05) is 55.9 Å². The van der Waals surface area contributed by atoms with Gasteiger partial charge in [0.05, 0.1) is 22.5 Å². The minimum Gasteiger partial charge on any atom is -1.00 e. The van der Waals surface area contributed by atoms with E-state index in [0.29, 0.717) is 43.2 Å². The molecule has 0 saturated heterocycles. The lowest BCUT2D eigenvalue weighted by Gasteiger charge is -2.27. The molecule has 0 aliphatic carbocycles. The van der Waals surface area contributed by atoms with Crippen LogP contribution in [0.3, 0.4) is 0 Å². The van der Waals surface area contributed by atoms with Crippen molar-refractivity contribution in [2.45, 2.75) is 67.0 Å². The fraction of sp³-hybridized carbons (Fsp3) is 0.293. The van der Waals surface area contributed by atoms with Gasteiger partial charge in [0.1, 0.15) is 29.5 Å². The second-order valence-electron chi connectivity index (χ2n) is 18.5. The summed E-state index contributed by atoms with van der Waals surface area (Å²) in [5.41, 5.74) is 14.0. The minimum atomic E-state index is -0.254. The van der Waals surface area contributed by atoms with Crippen LogP contribution >= 0.6 is 0 Å². The topological polar surface area (TPSA) is 110 Å². The van der Waals surface area contributed by atoms with Crippen LogP contribution in [0.15, 0.2) is 133 Å². The van der Waals surface area contributed by atoms with E-state index in [0.717, 1.165) is 73.7 Å². The van der Waals surface area contributed by atoms with Gasteiger partial charge in [-0.1, -0.05) is 61.4 Å². The van der Waals surface area contributed by atoms with Crippen LogP contribution < -0.4 is 55.2 Å². The van der Waals surface area contributed by atoms with Gasteiger partial charge < -0.3 is 50.0 Å². The maximum absolute atomic E-state index is 13.5. The van der Waals surface area contributed by atoms with E-state index in [2.05, 4.69) is 94.8 Å². The summed E-state index contributed by atoms with van der Waals surface area (Å²) in [7, 11) is 4.10. The van der Waals surface area contributed by atoms with Gasteiger partial charge in [-0.3, -0.25) is 9.59 Å². The molecule has 2 aliphatic heterocycles. The molecule has 9 nitrogen and oxygen atoms in total. The van der Waals surface area contributed by atoms with Crippen LogP contribution in [-0.2, 0) is 4.79 Å². The lowest BCUT2D eigenvalue weighted by molar-refractivity contribution is -0.458. The number of carbonyl (C=O) groups is 3. The van der Waals surface area contributed by atoms with Gasteiger partial charge in [-0.2, -0.15) is 0 Å². The van der Waals surface area contributed by atoms with Crippen LogP contribution in [0.25, 0.3) is 0 Å². The Bertz CT molecular complexity index is 2620. The highest BCUT2D eigenvalue weighted by Gasteiger charge is 2.31. The van der Waals surface area contributed by atoms with Gasteiger partial charge in [-0.05, 0) is 149 Å². The number of halogens is 4. The van der Waals surface area contributed by atoms with E-state index in [1.807, 2.05) is 76.2 Å². The van der Waals surface area contributed by atoms with Gasteiger partial charge in [-0.15, -0.1) is 0 Å². The predicted molar refractivity (Wildman–Crippen MR) is 275 cm³/mol. The SMILES string of the molecule is CC(=O)CC(C)C.Cc1ccc(C(=O)NC[C@H]2C[NH+]=C(c3ccc(F)cc3)c3ccc(C)cc3N2C)cc1.Cc1ccc(C(=O)NC[C@H]2C[NH+]=C(c3ccc(F)cc3)c3ccc(C)cc3N2C)cc1.[Cl-].[Cl-]. The number of anilines is 2. The summed E-state index contributed by atoms with van der Waals surface area (Å²) in [5, 5.41) is 6.15. The predicted octanol–water partition coefficient (Wildman–Crippen LogP) is 0.847. The number of nitrogens with one attached hydrogen (secondary N) is 4. The second kappa shape index (κ2) is 26.5. The number of fused-ring (bicyclic) bond motifs is 2. The number of amides is 2. The van der Waals surface area contributed by atoms with Gasteiger partial charge in [-0.25, -0.2) is 18.8 Å². The Labute approximate surface area is 430 Å². The first-order valence-corrected chi connectivity index (χ1v) is 23.6. The summed E-state index contributed by atoms with van der Waals surface area (Å²) in [6.07, 6.45) is 0.722. The van der Waals surface area contributed by atoms with Crippen molar-refractivity contribution in [1.82, 2.24) is 10.6 Å². The van der Waals surface area contributed by atoms with E-state index in [4.69, 9.17) is 0 Å². The Morgan fingerprint density at radius 1 is 0.549 bits per heavy atom. The van der Waals surface area contributed by atoms with Crippen molar-refractivity contribution >= 4 is 40.4 Å². The summed E-state index contributed by atoms with van der Waals surface area (Å²) in [6, 6.07) is 41.0. The average Bonchev–Trinajstić information content (AvgIpc) is 3.54. The van der Waals surface area contributed by atoms with Gasteiger partial charge in [0.15, 0.2) is 13.1 Å². The number of hydrogen-bond donors (Lipinski definition) is 4. The third kappa shape index (κ3) is 15.7. The zero-order valence-corrected chi connectivity index (χ0v) is 43.6. The summed E-state index contributed by atoms with van der Waals surface area (Å²) >= 11 is 0. The molecule has 2 heterocycles. The first-order valence-electron chi connectivity index (χ1n) is 23.6. The number of ketones is 1. The minimum absolute atomic E-state index is 0. The van der Waals surface area contributed by atoms with Crippen molar-refractivity contribution in [3.05, 3.63) is 201 Å². The van der Waals surface area contributed by atoms with Crippen molar-refractivity contribution < 1.29 is 58.0 Å². The molecule has 71 heavy (non-hydrogen) atoms. The smallest absolute Gasteiger partial charge is 0.251 e. The Morgan fingerprint density at radius 2 is 0.887 bits per heavy atom. The third-order valence-corrected chi connectivity index (χ3v) is 12.3. The quantitative estimate of drug-likeness (QED) is 0.163. The number of hydrogen-bond acceptors (Lipinski definition) is 5. The Kier molecular flexibility index (Phi) is 21.2. The standard InChI is InChI=1S/2C26H26FN3O.C6H12O.2ClH/c2*1-17-4-7-20(8-5-17)26(31)29-16-22-15-28-25(19-9-11-21(27)12-10-19)23-13-6-18(2)14-24(23)30(22)3;1-5(2)4-6(3)7;;/h2*4-14,22H,15-16H2,1-3H3,(H,29,31);5H,4H2,1-3H3;2*1H/t2*22-;;;/m11.../s1. The maximum Gasteiger partial charge on any atom is 0.251 e. The number of benzodiazepines with no additional fused rings is 2. The largest absolute Gasteiger partial charge is 1.00 e. The molecule has 0 spiro atoms. The van der Waals surface area contributed by atoms with Crippen molar-refractivity contribution in [2.24, 2.45) is 5.92 Å². The van der Waals surface area contributed by atoms with E-state index >= 15 is 0 Å². The molecule has 0 bridgehead atoms. The molecule has 0 saturated carbocycles. The normalized spacial score (nSPS) is 14.6. The molecule has 6 aromatic carbocycles. The number of likely N-dealkylation sites (N-methyl/N-ethyl adjacent to an activating group) is 2. The Balaban J connectivity index is 0.000000265. The second-order valence-corrected chi connectivity index (χ2v) is 18.5. The molecular weight excluding hydrogens is 938 g/mol. The van der Waals surface area contributed by atoms with Gasteiger partial charge >= 0.3 is 0 Å². The molecule has 0 unspecified atom stereocenters. The summed E-state index contributed by atoms with van der Waals surface area (Å²) < 4.78 is 26.9. The Hall–Kier alpha value is -6.69. The number of carbonyl (C=O) groups excluding carboxylic acids is 3. The fourth-order valence-electron chi connectivity index (χ4n) is 8.36. The highest BCUT2D eigenvalue weighted by Crippen LogP contribution is 2.28. The van der Waals surface area contributed by atoms with Gasteiger partial charge in [0.2, 0.25) is 11.4 Å². The van der Waals surface area contributed by atoms with Crippen LogP contribution in [0.4, 0.5) is 20.2 Å². The van der Waals surface area contributed by atoms with Crippen LogP contribution in [0.5, 0.6) is 0 Å². The highest BCUT2D eigenvalue weighted by molar-refractivity contribution is 6.13. The molecule has 374 valence electrons. The van der Waals surface area contributed by atoms with Crippen molar-refractivity contribution in [3.8, 4) is 0 Å². The number of Topliss-reactive ketones (excluding diaryl/α,β-unsaturated/α-hetero) is 1. The third-order valence-electron chi connectivity index (χ3n) is 12.3. The summed E-state index contributed by atoms with van der Waals surface area (Å²) in [4.78, 5) is 47.0. The maximum atomic E-state index is 13.5. The molecule has 2 atom stereocenters. The highest BCUT2D eigenvalue weighted by atomic mass is 35.5. The van der Waals surface area contributed by atoms with Crippen LogP contribution in [0.2, 0.25) is 0 Å². The molecular formula is C58H66Cl2F2N6O3. The molecule has 2 aliphatic rings. The van der Waals surface area contributed by atoms with E-state index < -0.39 is 0 Å². The van der Waals surface area contributed by atoms with Crippen molar-refractivity contribution in [2.75, 3.05) is 50.1 Å². The monoisotopic (exact) mass is 1000 g/mol. The molecule has 0 aromatic heterocycles. The van der Waals surface area contributed by atoms with Crippen LogP contribution in [0.1, 0.15) is 92.4 Å². The number of aryl methyl sites for hydroxylation is 4. The van der Waals surface area contributed by atoms with E-state index in [-0.39, 0.29) is 66.1 Å². The first kappa shape index (κ1) is 56.9. The Morgan fingerprint density at radius 3 is 1.20 bits per heavy atom. The molecule has 13 heteroatoms. The molecule has 0 radical (unpaired) electrons. The van der Waals surface area contributed by atoms with E-state index in [1.54, 1.807) is 31.2 Å². The van der Waals surface area contributed by atoms with Gasteiger partial charge in [0.25, 0.3) is 11.8 Å². The van der Waals surface area contributed by atoms with Crippen molar-refractivity contribution in [3.63, 3.8) is 0 Å². The number of benzene rings is 6. The molecule has 8 rings (SSSR count). The van der Waals surface area contributed by atoms with Crippen LogP contribution in [0, 0.1) is 45.2 Å². The van der Waals surface area contributed by atoms with E-state index in [1.165, 1.54) is 24.3 Å². The lowest BCUT2D eigenvalue weighted by Crippen LogP contribution is -3.00. The fourth-order valence-corrected chi connectivity index (χ4v) is 8.36. The lowest BCUT2D eigenvalue weighted by atomic mass is 9.99. The molecule has 6 aromatic rings. The van der Waals surface area contributed by atoms with Crippen LogP contribution in [-0.4, -0.2) is 81.4 Å². The van der Waals surface area contributed by atoms with Crippen molar-refractivity contribution in [1.29, 1.82) is 0 Å². The molecule has 2 amide bonds. The zero-order chi connectivity index (χ0) is 49.8. The van der Waals surface area contributed by atoms with E-state index in [9.17, 15) is 23.2 Å². The molecule has 0 fully saturated rings. The molecule has 4 N–H and O–H groups in total. The average molecular weight is 1000 g/mol. The summed E-state index contributed by atoms with van der Waals surface area (Å²) in [5.74, 6) is 0.147. The number of rotatable bonds is 10. The summed E-state index contributed by atoms with van der Waals surface area (Å²) in [6.45, 7) is 16.1. The zero-order valence-electron chi connectivity index (χ0n) is 42.1. The number of nitrogens with zero attached hydrogens (tertiary/aromatic N) is 2. The first-order chi connectivity index (χ1) is 33.0.